The van der Waals surface area contributed by atoms with E-state index in [1.165, 1.54) is 22.3 Å². The lowest BCUT2D eigenvalue weighted by Crippen LogP contribution is -1.77. The highest BCUT2D eigenvalue weighted by Crippen LogP contribution is 2.35. The Morgan fingerprint density at radius 1 is 0.762 bits per heavy atom. The van der Waals surface area contributed by atoms with Crippen molar-refractivity contribution in [1.82, 2.24) is 4.98 Å². The molecule has 1 aliphatic rings. The van der Waals surface area contributed by atoms with Gasteiger partial charge in [-0.1, -0.05) is 61.2 Å². The molecule has 0 saturated carbocycles. The van der Waals surface area contributed by atoms with E-state index in [4.69, 9.17) is 0 Å². The Balaban J connectivity index is 0.000000143. The van der Waals surface area contributed by atoms with Crippen molar-refractivity contribution in [3.8, 4) is 11.1 Å². The van der Waals surface area contributed by atoms with Gasteiger partial charge in [0.25, 0.3) is 0 Å². The molecule has 21 heavy (non-hydrogen) atoms. The molecule has 0 fully saturated rings. The Kier molecular flexibility index (Phi) is 3.92. The summed E-state index contributed by atoms with van der Waals surface area (Å²) in [4.78, 5) is 3.98. The average Bonchev–Trinajstić information content (AvgIpc) is 2.95. The van der Waals surface area contributed by atoms with Crippen molar-refractivity contribution in [2.24, 2.45) is 0 Å². The topological polar surface area (TPSA) is 12.9 Å². The number of benzene rings is 2. The van der Waals surface area contributed by atoms with Crippen LogP contribution in [0.2, 0.25) is 0 Å². The Morgan fingerprint density at radius 3 is 1.81 bits per heavy atom. The number of rotatable bonds is 1. The molecule has 1 aromatic heterocycles. The molecular formula is C20H17N. The molecule has 0 bridgehead atoms. The SMILES string of the molecule is C=Cc1ccccn1.c1ccc2c(c1)Cc1ccccc1-2. The maximum absolute atomic E-state index is 3.98. The number of hydrogen-bond acceptors (Lipinski definition) is 1. The van der Waals surface area contributed by atoms with Gasteiger partial charge in [-0.05, 0) is 46.9 Å². The van der Waals surface area contributed by atoms with Gasteiger partial charge in [0.05, 0.1) is 5.69 Å². The fourth-order valence-corrected chi connectivity index (χ4v) is 2.58. The number of aromatic nitrogens is 1. The van der Waals surface area contributed by atoms with Crippen molar-refractivity contribution in [1.29, 1.82) is 0 Å². The van der Waals surface area contributed by atoms with Crippen molar-refractivity contribution < 1.29 is 0 Å². The summed E-state index contributed by atoms with van der Waals surface area (Å²) in [5.74, 6) is 0. The summed E-state index contributed by atoms with van der Waals surface area (Å²) in [5, 5.41) is 0. The lowest BCUT2D eigenvalue weighted by atomic mass is 10.1. The highest BCUT2D eigenvalue weighted by atomic mass is 14.6. The van der Waals surface area contributed by atoms with Crippen molar-refractivity contribution in [2.45, 2.75) is 6.42 Å². The van der Waals surface area contributed by atoms with Crippen LogP contribution in [0.4, 0.5) is 0 Å². The molecule has 0 amide bonds. The van der Waals surface area contributed by atoms with Gasteiger partial charge in [0.2, 0.25) is 0 Å². The van der Waals surface area contributed by atoms with Crippen molar-refractivity contribution in [3.63, 3.8) is 0 Å². The van der Waals surface area contributed by atoms with Crippen LogP contribution in [0, 0.1) is 0 Å². The zero-order chi connectivity index (χ0) is 14.5. The fraction of sp³-hybridized carbons (Fsp3) is 0.0500. The molecule has 2 aromatic carbocycles. The predicted octanol–water partition coefficient (Wildman–Crippen LogP) is 4.98. The molecule has 1 nitrogen and oxygen atoms in total. The van der Waals surface area contributed by atoms with E-state index in [9.17, 15) is 0 Å². The van der Waals surface area contributed by atoms with Crippen molar-refractivity contribution in [3.05, 3.63) is 96.3 Å². The summed E-state index contributed by atoms with van der Waals surface area (Å²) in [7, 11) is 0. The minimum Gasteiger partial charge on any atom is -0.257 e. The Labute approximate surface area is 125 Å². The average molecular weight is 271 g/mol. The van der Waals surface area contributed by atoms with E-state index >= 15 is 0 Å². The first-order chi connectivity index (χ1) is 10.4. The summed E-state index contributed by atoms with van der Waals surface area (Å²) in [6.45, 7) is 3.57. The first-order valence-electron chi connectivity index (χ1n) is 7.08. The molecular weight excluding hydrogens is 254 g/mol. The van der Waals surface area contributed by atoms with Crippen molar-refractivity contribution in [2.75, 3.05) is 0 Å². The third kappa shape index (κ3) is 2.92. The normalized spacial score (nSPS) is 10.9. The van der Waals surface area contributed by atoms with E-state index < -0.39 is 0 Å². The molecule has 1 heteroatoms. The second kappa shape index (κ2) is 6.19. The molecule has 0 saturated heterocycles. The van der Waals surface area contributed by atoms with Gasteiger partial charge in [0.15, 0.2) is 0 Å². The fourth-order valence-electron chi connectivity index (χ4n) is 2.58. The molecule has 0 unspecified atom stereocenters. The summed E-state index contributed by atoms with van der Waals surface area (Å²) in [6, 6.07) is 23.0. The Hall–Kier alpha value is -2.67. The van der Waals surface area contributed by atoms with Crippen molar-refractivity contribution >= 4 is 6.08 Å². The second-order valence-corrected chi connectivity index (χ2v) is 4.95. The third-order valence-corrected chi connectivity index (χ3v) is 3.60. The standard InChI is InChI=1S/C13H10.C7H7N/c1-3-7-12-10(5-1)9-11-6-2-4-8-13(11)12;1-2-7-5-3-4-6-8-7/h1-8H,9H2;2-6H,1H2. The smallest absolute Gasteiger partial charge is 0.0623 e. The van der Waals surface area contributed by atoms with Crippen LogP contribution >= 0.6 is 0 Å². The first kappa shape index (κ1) is 13.3. The van der Waals surface area contributed by atoms with Crippen LogP contribution in [-0.4, -0.2) is 4.98 Å². The second-order valence-electron chi connectivity index (χ2n) is 4.95. The summed E-state index contributed by atoms with van der Waals surface area (Å²) >= 11 is 0. The monoisotopic (exact) mass is 271 g/mol. The molecule has 1 heterocycles. The van der Waals surface area contributed by atoms with Crippen LogP contribution in [0.5, 0.6) is 0 Å². The van der Waals surface area contributed by atoms with Gasteiger partial charge in [-0.3, -0.25) is 4.98 Å². The van der Waals surface area contributed by atoms with Gasteiger partial charge in [-0.2, -0.15) is 0 Å². The van der Waals surface area contributed by atoms with E-state index in [0.29, 0.717) is 0 Å². The van der Waals surface area contributed by atoms with Crippen LogP contribution in [0.1, 0.15) is 16.8 Å². The third-order valence-electron chi connectivity index (χ3n) is 3.60. The molecule has 0 N–H and O–H groups in total. The molecule has 102 valence electrons. The molecule has 0 aliphatic heterocycles. The lowest BCUT2D eigenvalue weighted by molar-refractivity contribution is 1.26. The van der Waals surface area contributed by atoms with Gasteiger partial charge >= 0.3 is 0 Å². The zero-order valence-corrected chi connectivity index (χ0v) is 11.9. The highest BCUT2D eigenvalue weighted by molar-refractivity contribution is 5.76. The van der Waals surface area contributed by atoms with Gasteiger partial charge in [-0.15, -0.1) is 0 Å². The molecule has 0 radical (unpaired) electrons. The number of hydrogen-bond donors (Lipinski definition) is 0. The highest BCUT2D eigenvalue weighted by Gasteiger charge is 2.15. The van der Waals surface area contributed by atoms with Gasteiger partial charge in [0, 0.05) is 6.20 Å². The number of fused-ring (bicyclic) bond motifs is 3. The minimum absolute atomic E-state index is 0.924. The maximum atomic E-state index is 3.98. The Morgan fingerprint density at radius 2 is 1.33 bits per heavy atom. The van der Waals surface area contributed by atoms with E-state index in [1.807, 2.05) is 18.2 Å². The molecule has 1 aliphatic carbocycles. The van der Waals surface area contributed by atoms with Crippen LogP contribution in [0.15, 0.2) is 79.5 Å². The molecule has 0 spiro atoms. The van der Waals surface area contributed by atoms with Crippen LogP contribution < -0.4 is 0 Å². The quantitative estimate of drug-likeness (QED) is 0.475. The van der Waals surface area contributed by atoms with Crippen LogP contribution in [0.25, 0.3) is 17.2 Å². The van der Waals surface area contributed by atoms with Crippen LogP contribution in [-0.2, 0) is 6.42 Å². The Bertz CT molecular complexity index is 701. The number of pyridine rings is 1. The van der Waals surface area contributed by atoms with Crippen LogP contribution in [0.3, 0.4) is 0 Å². The van der Waals surface area contributed by atoms with Gasteiger partial charge in [0.1, 0.15) is 0 Å². The zero-order valence-electron chi connectivity index (χ0n) is 11.9. The summed E-state index contributed by atoms with van der Waals surface area (Å²) in [6.07, 6.45) is 4.57. The number of nitrogens with zero attached hydrogens (tertiary/aromatic N) is 1. The lowest BCUT2D eigenvalue weighted by Gasteiger charge is -1.98. The molecule has 4 rings (SSSR count). The first-order valence-corrected chi connectivity index (χ1v) is 7.08. The van der Waals surface area contributed by atoms with Gasteiger partial charge in [-0.25, -0.2) is 0 Å². The largest absolute Gasteiger partial charge is 0.257 e. The van der Waals surface area contributed by atoms with E-state index in [2.05, 4.69) is 60.1 Å². The van der Waals surface area contributed by atoms with E-state index in [-0.39, 0.29) is 0 Å². The molecule has 3 aromatic rings. The summed E-state index contributed by atoms with van der Waals surface area (Å²) < 4.78 is 0. The molecule has 0 atom stereocenters. The summed E-state index contributed by atoms with van der Waals surface area (Å²) in [5.41, 5.74) is 6.68. The van der Waals surface area contributed by atoms with E-state index in [0.717, 1.165) is 12.1 Å². The van der Waals surface area contributed by atoms with E-state index in [1.54, 1.807) is 12.3 Å². The maximum Gasteiger partial charge on any atom is 0.0623 e. The minimum atomic E-state index is 0.924. The van der Waals surface area contributed by atoms with Gasteiger partial charge < -0.3 is 0 Å². The predicted molar refractivity (Wildman–Crippen MR) is 89.0 cm³/mol.